The highest BCUT2D eigenvalue weighted by Gasteiger charge is 2.03. The van der Waals surface area contributed by atoms with Crippen LogP contribution in [0.15, 0.2) is 6.07 Å². The Morgan fingerprint density at radius 1 is 1.69 bits per heavy atom. The van der Waals surface area contributed by atoms with Gasteiger partial charge < -0.3 is 15.4 Å². The van der Waals surface area contributed by atoms with Crippen molar-refractivity contribution in [1.29, 1.82) is 0 Å². The van der Waals surface area contributed by atoms with Crippen LogP contribution in [0.2, 0.25) is 0 Å². The fraction of sp³-hybridized carbons (Fsp3) is 0.625. The number of hydrogen-bond acceptors (Lipinski definition) is 5. The minimum absolute atomic E-state index is 0.596. The lowest BCUT2D eigenvalue weighted by atomic mass is 10.4. The molecule has 0 atom stereocenters. The molecule has 1 aromatic heterocycles. The number of nitrogens with zero attached hydrogens (tertiary/aromatic N) is 2. The first-order valence-corrected chi connectivity index (χ1v) is 4.93. The zero-order chi connectivity index (χ0) is 9.68. The van der Waals surface area contributed by atoms with Gasteiger partial charge in [0.05, 0.1) is 0 Å². The molecule has 0 saturated heterocycles. The fourth-order valence-corrected chi connectivity index (χ4v) is 1.67. The van der Waals surface area contributed by atoms with Gasteiger partial charge in [-0.2, -0.15) is 4.37 Å². The van der Waals surface area contributed by atoms with Gasteiger partial charge in [0, 0.05) is 33.4 Å². The summed E-state index contributed by atoms with van der Waals surface area (Å²) in [4.78, 5) is 2.13. The molecule has 0 aliphatic carbocycles. The summed E-state index contributed by atoms with van der Waals surface area (Å²) in [6.45, 7) is 1.76. The molecule has 1 heterocycles. The Morgan fingerprint density at radius 3 is 3.00 bits per heavy atom. The summed E-state index contributed by atoms with van der Waals surface area (Å²) in [6.07, 6.45) is 1.02. The molecular formula is C8H15N3OS. The van der Waals surface area contributed by atoms with Crippen LogP contribution in [0.25, 0.3) is 0 Å². The number of nitrogens with two attached hydrogens (primary N) is 1. The highest BCUT2D eigenvalue weighted by molar-refractivity contribution is 7.10. The van der Waals surface area contributed by atoms with E-state index in [2.05, 4.69) is 9.27 Å². The number of anilines is 2. The molecule has 0 radical (unpaired) electrons. The van der Waals surface area contributed by atoms with Gasteiger partial charge in [0.15, 0.2) is 0 Å². The fourth-order valence-electron chi connectivity index (χ4n) is 1.01. The highest BCUT2D eigenvalue weighted by atomic mass is 32.1. The zero-order valence-corrected chi connectivity index (χ0v) is 8.80. The quantitative estimate of drug-likeness (QED) is 0.727. The summed E-state index contributed by atoms with van der Waals surface area (Å²) in [5.41, 5.74) is 5.52. The van der Waals surface area contributed by atoms with Crippen LogP contribution in [0.4, 0.5) is 10.8 Å². The van der Waals surface area contributed by atoms with Crippen LogP contribution in [-0.4, -0.2) is 31.7 Å². The predicted molar refractivity (Wildman–Crippen MR) is 56.3 cm³/mol. The Hall–Kier alpha value is -0.810. The van der Waals surface area contributed by atoms with Crippen molar-refractivity contribution in [1.82, 2.24) is 4.37 Å². The second-order valence-electron chi connectivity index (χ2n) is 2.86. The van der Waals surface area contributed by atoms with Gasteiger partial charge in [0.2, 0.25) is 0 Å². The SMILES string of the molecule is COCCCN(C)c1cc(N)ns1. The molecule has 5 heteroatoms. The van der Waals surface area contributed by atoms with E-state index in [4.69, 9.17) is 10.5 Å². The normalized spacial score (nSPS) is 10.3. The molecule has 0 saturated carbocycles. The molecule has 0 amide bonds. The van der Waals surface area contributed by atoms with E-state index in [0.29, 0.717) is 5.82 Å². The summed E-state index contributed by atoms with van der Waals surface area (Å²) in [7, 11) is 3.74. The Bertz CT molecular complexity index is 251. The molecule has 0 spiro atoms. The summed E-state index contributed by atoms with van der Waals surface area (Å²) in [5, 5.41) is 1.11. The number of nitrogen functional groups attached to an aromatic ring is 1. The Kier molecular flexibility index (Phi) is 3.98. The topological polar surface area (TPSA) is 51.4 Å². The van der Waals surface area contributed by atoms with Crippen LogP contribution < -0.4 is 10.6 Å². The lowest BCUT2D eigenvalue weighted by molar-refractivity contribution is 0.196. The Balaban J connectivity index is 2.35. The van der Waals surface area contributed by atoms with Crippen molar-refractivity contribution >= 4 is 22.4 Å². The van der Waals surface area contributed by atoms with Gasteiger partial charge in [-0.05, 0) is 18.0 Å². The molecule has 0 unspecified atom stereocenters. The number of methoxy groups -OCH3 is 1. The average molecular weight is 201 g/mol. The van der Waals surface area contributed by atoms with E-state index in [1.54, 1.807) is 7.11 Å². The van der Waals surface area contributed by atoms with Crippen LogP contribution in [0.5, 0.6) is 0 Å². The van der Waals surface area contributed by atoms with Crippen molar-refractivity contribution in [2.24, 2.45) is 0 Å². The summed E-state index contributed by atoms with van der Waals surface area (Å²) in [5.74, 6) is 0.596. The molecule has 0 bridgehead atoms. The summed E-state index contributed by atoms with van der Waals surface area (Å²) in [6, 6.07) is 1.89. The van der Waals surface area contributed by atoms with Crippen LogP contribution in [0.3, 0.4) is 0 Å². The predicted octanol–water partition coefficient (Wildman–Crippen LogP) is 1.20. The van der Waals surface area contributed by atoms with Crippen molar-refractivity contribution in [3.63, 3.8) is 0 Å². The maximum Gasteiger partial charge on any atom is 0.139 e. The highest BCUT2D eigenvalue weighted by Crippen LogP contribution is 2.21. The van der Waals surface area contributed by atoms with E-state index in [1.807, 2.05) is 13.1 Å². The third kappa shape index (κ3) is 3.20. The summed E-state index contributed by atoms with van der Waals surface area (Å²) < 4.78 is 8.98. The van der Waals surface area contributed by atoms with Crippen LogP contribution in [0, 0.1) is 0 Å². The number of rotatable bonds is 5. The van der Waals surface area contributed by atoms with E-state index in [-0.39, 0.29) is 0 Å². The lowest BCUT2D eigenvalue weighted by Gasteiger charge is -2.15. The minimum Gasteiger partial charge on any atom is -0.385 e. The first-order chi connectivity index (χ1) is 6.24. The molecule has 1 rings (SSSR count). The van der Waals surface area contributed by atoms with Crippen LogP contribution >= 0.6 is 11.5 Å². The smallest absolute Gasteiger partial charge is 0.139 e. The van der Waals surface area contributed by atoms with Crippen molar-refractivity contribution in [2.45, 2.75) is 6.42 Å². The van der Waals surface area contributed by atoms with Crippen LogP contribution in [-0.2, 0) is 4.74 Å². The molecule has 0 aliphatic heterocycles. The molecule has 74 valence electrons. The number of aromatic nitrogens is 1. The maximum absolute atomic E-state index is 5.52. The molecule has 0 aromatic carbocycles. The third-order valence-electron chi connectivity index (χ3n) is 1.73. The second kappa shape index (κ2) is 5.04. The third-order valence-corrected chi connectivity index (χ3v) is 2.65. The number of ether oxygens (including phenoxy) is 1. The van der Waals surface area contributed by atoms with Gasteiger partial charge in [-0.1, -0.05) is 0 Å². The van der Waals surface area contributed by atoms with E-state index in [0.717, 1.165) is 24.6 Å². The van der Waals surface area contributed by atoms with Gasteiger partial charge in [-0.15, -0.1) is 0 Å². The molecule has 2 N–H and O–H groups in total. The average Bonchev–Trinajstić information content (AvgIpc) is 2.52. The minimum atomic E-state index is 0.596. The number of hydrogen-bond donors (Lipinski definition) is 1. The van der Waals surface area contributed by atoms with E-state index >= 15 is 0 Å². The first-order valence-electron chi connectivity index (χ1n) is 4.16. The zero-order valence-electron chi connectivity index (χ0n) is 7.99. The van der Waals surface area contributed by atoms with Gasteiger partial charge >= 0.3 is 0 Å². The lowest BCUT2D eigenvalue weighted by Crippen LogP contribution is -2.18. The molecular weight excluding hydrogens is 186 g/mol. The van der Waals surface area contributed by atoms with E-state index in [9.17, 15) is 0 Å². The van der Waals surface area contributed by atoms with E-state index < -0.39 is 0 Å². The van der Waals surface area contributed by atoms with Crippen molar-refractivity contribution in [2.75, 3.05) is 37.9 Å². The molecule has 0 fully saturated rings. The largest absolute Gasteiger partial charge is 0.385 e. The molecule has 4 nitrogen and oxygen atoms in total. The monoisotopic (exact) mass is 201 g/mol. The molecule has 1 aromatic rings. The van der Waals surface area contributed by atoms with E-state index in [1.165, 1.54) is 11.5 Å². The van der Waals surface area contributed by atoms with Crippen molar-refractivity contribution < 1.29 is 4.74 Å². The standard InChI is InChI=1S/C8H15N3OS/c1-11(4-3-5-12-2)8-6-7(9)10-13-8/h6H,3-5H2,1-2H3,(H2,9,10). The summed E-state index contributed by atoms with van der Waals surface area (Å²) >= 11 is 1.43. The maximum atomic E-state index is 5.52. The molecule has 13 heavy (non-hydrogen) atoms. The van der Waals surface area contributed by atoms with Crippen molar-refractivity contribution in [3.8, 4) is 0 Å². The van der Waals surface area contributed by atoms with Gasteiger partial charge in [0.25, 0.3) is 0 Å². The Morgan fingerprint density at radius 2 is 2.46 bits per heavy atom. The van der Waals surface area contributed by atoms with Gasteiger partial charge in [0.1, 0.15) is 10.8 Å². The molecule has 0 aliphatic rings. The van der Waals surface area contributed by atoms with Crippen LogP contribution in [0.1, 0.15) is 6.42 Å². The van der Waals surface area contributed by atoms with Gasteiger partial charge in [-0.3, -0.25) is 0 Å². The van der Waals surface area contributed by atoms with Gasteiger partial charge in [-0.25, -0.2) is 0 Å². The Labute approximate surface area is 82.5 Å². The van der Waals surface area contributed by atoms with Crippen molar-refractivity contribution in [3.05, 3.63) is 6.07 Å². The second-order valence-corrected chi connectivity index (χ2v) is 3.64. The first kappa shape index (κ1) is 10.3.